The Balaban J connectivity index is 0.973. The summed E-state index contributed by atoms with van der Waals surface area (Å²) in [5, 5.41) is 0. The van der Waals surface area contributed by atoms with Gasteiger partial charge in [-0.3, -0.25) is 0 Å². The van der Waals surface area contributed by atoms with Gasteiger partial charge in [-0.05, 0) is 205 Å². The highest BCUT2D eigenvalue weighted by Crippen LogP contribution is 2.63. The fraction of sp³-hybridized carbons (Fsp3) is 0.475. The number of hydrogen-bond acceptors (Lipinski definition) is 24. The number of benzene rings is 4. The zero-order chi connectivity index (χ0) is 60.3. The van der Waals surface area contributed by atoms with Crippen molar-refractivity contribution in [3.8, 4) is 23.0 Å². The van der Waals surface area contributed by atoms with E-state index in [1.165, 1.54) is 77.0 Å². The molecule has 4 aromatic rings. The highest BCUT2D eigenvalue weighted by Gasteiger charge is 2.57. The van der Waals surface area contributed by atoms with E-state index in [2.05, 4.69) is 0 Å². The minimum Gasteiger partial charge on any atom is -0.497 e. The Morgan fingerprint density at radius 3 is 0.682 bits per heavy atom. The van der Waals surface area contributed by atoms with Crippen LogP contribution >= 0.6 is 0 Å². The van der Waals surface area contributed by atoms with E-state index < -0.39 is 78.3 Å². The van der Waals surface area contributed by atoms with Crippen molar-refractivity contribution < 1.29 is 115 Å². The second-order valence-corrected chi connectivity index (χ2v) is 21.1. The van der Waals surface area contributed by atoms with Gasteiger partial charge in [-0.2, -0.15) is 19.2 Å². The van der Waals surface area contributed by atoms with Gasteiger partial charge >= 0.3 is 48.5 Å². The maximum atomic E-state index is 13.0. The summed E-state index contributed by atoms with van der Waals surface area (Å²) < 4.78 is 43.6. The van der Waals surface area contributed by atoms with E-state index in [9.17, 15) is 38.4 Å². The number of methoxy groups -OCH3 is 4. The van der Waals surface area contributed by atoms with Gasteiger partial charge in [-0.1, -0.05) is 24.3 Å². The summed E-state index contributed by atoms with van der Waals surface area (Å²) in [5.74, 6) is -2.04. The topological polar surface area (TPSA) is 284 Å². The quantitative estimate of drug-likeness (QED) is 0.0436. The van der Waals surface area contributed by atoms with Crippen LogP contribution in [0.3, 0.4) is 0 Å². The van der Waals surface area contributed by atoms with Gasteiger partial charge in [0.15, 0.2) is 0 Å². The van der Waals surface area contributed by atoms with Crippen molar-refractivity contribution >= 4 is 48.5 Å². The fourth-order valence-electron chi connectivity index (χ4n) is 12.8. The molecule has 0 amide bonds. The molecule has 4 aliphatic carbocycles. The van der Waals surface area contributed by atoms with E-state index in [0.717, 1.165) is 0 Å². The molecule has 0 heterocycles. The van der Waals surface area contributed by atoms with E-state index in [-0.39, 0.29) is 45.9 Å². The van der Waals surface area contributed by atoms with Crippen LogP contribution in [0.5, 0.6) is 23.0 Å². The first kappa shape index (κ1) is 62.1. The van der Waals surface area contributed by atoms with Crippen LogP contribution in [-0.4, -0.2) is 101 Å². The van der Waals surface area contributed by atoms with Crippen LogP contribution in [0.15, 0.2) is 97.1 Å². The van der Waals surface area contributed by atoms with E-state index in [1.807, 2.05) is 0 Å². The van der Waals surface area contributed by atoms with Crippen molar-refractivity contribution in [3.05, 3.63) is 119 Å². The summed E-state index contributed by atoms with van der Waals surface area (Å²) in [6.07, 6.45) is 1.18. The summed E-state index contributed by atoms with van der Waals surface area (Å²) in [4.78, 5) is 142. The molecule has 24 nitrogen and oxygen atoms in total. The van der Waals surface area contributed by atoms with Gasteiger partial charge in [0.25, 0.3) is 0 Å². The largest absolute Gasteiger partial charge is 0.550 e. The minimum absolute atomic E-state index is 0.0182. The Labute approximate surface area is 489 Å². The van der Waals surface area contributed by atoms with Crippen molar-refractivity contribution in [2.24, 2.45) is 29.1 Å². The number of rotatable bonds is 16. The minimum atomic E-state index is -1.18. The second kappa shape index (κ2) is 30.0. The number of carbonyl (C=O) groups excluding carboxylic acids is 8. The predicted molar refractivity (Wildman–Crippen MR) is 289 cm³/mol. The molecule has 0 aromatic heterocycles. The molecule has 0 N–H and O–H groups in total. The predicted octanol–water partition coefficient (Wildman–Crippen LogP) is 11.9. The van der Waals surface area contributed by atoms with Crippen LogP contribution in [0, 0.1) is 29.1 Å². The van der Waals surface area contributed by atoms with Gasteiger partial charge in [0.05, 0.1) is 50.7 Å². The lowest BCUT2D eigenvalue weighted by Crippen LogP contribution is -2.54. The molecule has 0 unspecified atom stereocenters. The van der Waals surface area contributed by atoms with Crippen LogP contribution in [0.25, 0.3) is 0 Å². The van der Waals surface area contributed by atoms with Crippen molar-refractivity contribution in [2.75, 3.05) is 28.4 Å². The lowest BCUT2D eigenvalue weighted by atomic mass is 9.45. The standard InChI is InChI=1S/C61H68O24/c1-70-49-13-5-9-37(33-49)53(62)78-82-57(66)74-45-25-17-41(18-26-45)61(42-19-27-46(28-20-42)75-58(67)83-79-54(63)38-10-6-14-50(34-38)71-2,43-21-29-47(30-22-43)76-59(68)84-80-55(64)39-11-7-15-51(35-39)72-3)44-23-31-48(32-24-44)77-60(69)85-81-56(65)40-12-8-16-52(36-40)73-4/h5-16,33-36,41-48H,17-32H2,1-4H3. The molecule has 0 radical (unpaired) electrons. The summed E-state index contributed by atoms with van der Waals surface area (Å²) in [5.41, 5.74) is -0.0882. The number of hydrogen-bond donors (Lipinski definition) is 0. The Bertz CT molecular complexity index is 2550. The second-order valence-electron chi connectivity index (χ2n) is 21.1. The van der Waals surface area contributed by atoms with Crippen LogP contribution in [0.2, 0.25) is 0 Å². The SMILES string of the molecule is COc1cccc(C(=O)OOC(=O)OC2CCC(C(C3CCC(OC(=O)OOC(=O)c4cccc(OC)c4)CC3)(C3CCC(OC(=O)OOC(=O)c4cccc(OC)c4)CC3)C3CCC(OC(=O)OOC(=O)c4cccc(OC)c4)CC3)CC2)c1. The Morgan fingerprint density at radius 2 is 0.494 bits per heavy atom. The number of ether oxygens (including phenoxy) is 8. The summed E-state index contributed by atoms with van der Waals surface area (Å²) >= 11 is 0. The highest BCUT2D eigenvalue weighted by molar-refractivity contribution is 5.91. The third-order valence-corrected chi connectivity index (χ3v) is 16.5. The monoisotopic (exact) mass is 1180 g/mol. The third kappa shape index (κ3) is 16.7. The molecule has 4 saturated carbocycles. The zero-order valence-corrected chi connectivity index (χ0v) is 47.5. The third-order valence-electron chi connectivity index (χ3n) is 16.5. The van der Waals surface area contributed by atoms with E-state index in [1.54, 1.807) is 48.5 Å². The Kier molecular flexibility index (Phi) is 21.9. The maximum Gasteiger partial charge on any atom is 0.550 e. The summed E-state index contributed by atoms with van der Waals surface area (Å²) in [6, 6.07) is 24.5. The van der Waals surface area contributed by atoms with E-state index in [0.29, 0.717) is 126 Å². The Morgan fingerprint density at radius 1 is 0.294 bits per heavy atom. The molecular weight excluding hydrogens is 1120 g/mol. The van der Waals surface area contributed by atoms with Crippen molar-refractivity contribution in [2.45, 2.75) is 127 Å². The van der Waals surface area contributed by atoms with E-state index in [4.69, 9.17) is 77.0 Å². The van der Waals surface area contributed by atoms with Crippen molar-refractivity contribution in [1.29, 1.82) is 0 Å². The molecule has 4 aliphatic rings. The average Bonchev–Trinajstić information content (AvgIpc) is 1.29. The highest BCUT2D eigenvalue weighted by atomic mass is 17.3. The van der Waals surface area contributed by atoms with Crippen molar-refractivity contribution in [1.82, 2.24) is 0 Å². The van der Waals surface area contributed by atoms with Crippen molar-refractivity contribution in [3.63, 3.8) is 0 Å². The van der Waals surface area contributed by atoms with Gasteiger partial charge in [0, 0.05) is 0 Å². The van der Waals surface area contributed by atoms with Crippen LogP contribution < -0.4 is 18.9 Å². The molecule has 0 atom stereocenters. The average molecular weight is 1190 g/mol. The van der Waals surface area contributed by atoms with Gasteiger partial charge in [0.2, 0.25) is 0 Å². The summed E-state index contributed by atoms with van der Waals surface area (Å²) in [7, 11) is 5.77. The molecule has 0 spiro atoms. The lowest BCUT2D eigenvalue weighted by Gasteiger charge is -2.60. The smallest absolute Gasteiger partial charge is 0.497 e. The molecular formula is C61H68O24. The van der Waals surface area contributed by atoms with E-state index >= 15 is 0 Å². The normalized spacial score (nSPS) is 22.5. The zero-order valence-electron chi connectivity index (χ0n) is 47.5. The molecule has 24 heteroatoms. The molecule has 0 aliphatic heterocycles. The van der Waals surface area contributed by atoms with Gasteiger partial charge < -0.3 is 37.9 Å². The fourth-order valence-corrected chi connectivity index (χ4v) is 12.8. The van der Waals surface area contributed by atoms with Gasteiger partial charge in [-0.25, -0.2) is 58.3 Å². The molecule has 85 heavy (non-hydrogen) atoms. The van der Waals surface area contributed by atoms with Gasteiger partial charge in [0.1, 0.15) is 47.4 Å². The molecule has 8 rings (SSSR count). The molecule has 0 bridgehead atoms. The first-order valence-corrected chi connectivity index (χ1v) is 28.1. The Hall–Kier alpha value is -8.96. The molecule has 0 saturated heterocycles. The molecule has 456 valence electrons. The van der Waals surface area contributed by atoms with Crippen LogP contribution in [0.1, 0.15) is 144 Å². The number of carbonyl (C=O) groups is 8. The van der Waals surface area contributed by atoms with Gasteiger partial charge in [-0.15, -0.1) is 0 Å². The molecule has 4 aromatic carbocycles. The van der Waals surface area contributed by atoms with Crippen LogP contribution in [-0.2, 0) is 58.0 Å². The molecule has 4 fully saturated rings. The first-order valence-electron chi connectivity index (χ1n) is 28.1. The lowest BCUT2D eigenvalue weighted by molar-refractivity contribution is -0.213. The maximum absolute atomic E-state index is 13.0. The van der Waals surface area contributed by atoms with Crippen LogP contribution in [0.4, 0.5) is 19.2 Å². The summed E-state index contributed by atoms with van der Waals surface area (Å²) in [6.45, 7) is 0. The first-order chi connectivity index (χ1) is 41.2.